The topological polar surface area (TPSA) is 91.7 Å². The van der Waals surface area contributed by atoms with Crippen LogP contribution < -0.4 is 10.6 Å². The van der Waals surface area contributed by atoms with Gasteiger partial charge in [-0.05, 0) is 62.2 Å². The maximum atomic E-state index is 15.0. The minimum Gasteiger partial charge on any atom is -0.461 e. The molecule has 1 unspecified atom stereocenters. The number of carbonyl (C=O) groups is 1. The molecule has 0 bridgehead atoms. The van der Waals surface area contributed by atoms with Gasteiger partial charge in [-0.2, -0.15) is 0 Å². The van der Waals surface area contributed by atoms with Crippen molar-refractivity contribution < 1.29 is 27.0 Å². The van der Waals surface area contributed by atoms with E-state index in [-0.39, 0.29) is 45.0 Å². The first-order chi connectivity index (χ1) is 17.7. The van der Waals surface area contributed by atoms with Crippen LogP contribution in [0.5, 0.6) is 0 Å². The van der Waals surface area contributed by atoms with Gasteiger partial charge in [-0.25, -0.2) is 17.2 Å². The van der Waals surface area contributed by atoms with Crippen molar-refractivity contribution in [3.05, 3.63) is 89.1 Å². The lowest BCUT2D eigenvalue weighted by atomic mass is 10.2. The lowest BCUT2D eigenvalue weighted by molar-refractivity contribution is 0.0520. The number of hydrogen-bond donors (Lipinski definition) is 0. The van der Waals surface area contributed by atoms with Gasteiger partial charge in [-0.3, -0.25) is 4.57 Å². The molecule has 4 aromatic rings. The summed E-state index contributed by atoms with van der Waals surface area (Å²) in [6.07, 6.45) is 0.545. The van der Waals surface area contributed by atoms with E-state index in [2.05, 4.69) is 0 Å². The van der Waals surface area contributed by atoms with Crippen molar-refractivity contribution in [2.45, 2.75) is 32.1 Å². The molecule has 194 valence electrons. The molecular weight excluding hydrogens is 533 g/mol. The van der Waals surface area contributed by atoms with Crippen LogP contribution in [0.4, 0.5) is 0 Å². The molecule has 10 heteroatoms. The number of hydrogen-bond acceptors (Lipinski definition) is 6. The van der Waals surface area contributed by atoms with Crippen molar-refractivity contribution in [1.82, 2.24) is 3.97 Å². The zero-order valence-corrected chi connectivity index (χ0v) is 23.1. The summed E-state index contributed by atoms with van der Waals surface area (Å²) < 4.78 is 55.3. The fraction of sp³-hybridized carbons (Fsp3) is 0.222. The molecule has 0 radical (unpaired) electrons. The smallest absolute Gasteiger partial charge is 0.356 e. The lowest BCUT2D eigenvalue weighted by Crippen LogP contribution is -2.29. The van der Waals surface area contributed by atoms with Crippen LogP contribution in [0.3, 0.4) is 0 Å². The lowest BCUT2D eigenvalue weighted by Gasteiger charge is -2.22. The van der Waals surface area contributed by atoms with Crippen LogP contribution in [0.15, 0.2) is 77.7 Å². The molecule has 1 aromatic heterocycles. The van der Waals surface area contributed by atoms with Crippen LogP contribution in [0.1, 0.15) is 36.8 Å². The Morgan fingerprint density at radius 2 is 1.62 bits per heavy atom. The van der Waals surface area contributed by atoms with Gasteiger partial charge in [0, 0.05) is 15.7 Å². The quantitative estimate of drug-likeness (QED) is 0.198. The molecule has 1 heterocycles. The summed E-state index contributed by atoms with van der Waals surface area (Å²) >= 11 is 6.35. The fourth-order valence-electron chi connectivity index (χ4n) is 4.38. The molecule has 0 amide bonds. The van der Waals surface area contributed by atoms with Gasteiger partial charge in [-0.15, -0.1) is 0 Å². The number of rotatable bonds is 9. The zero-order valence-electron chi connectivity index (χ0n) is 20.7. The van der Waals surface area contributed by atoms with E-state index in [0.717, 1.165) is 9.54 Å². The standard InChI is InChI=1S/C27H27ClNO6PS/c1-4-19-12-10-11-15-24(19)36(31,35-6-3)26-22-18-20(28)16-17-23(22)29(25(26)27(30)34-5-2)37(32,33)21-13-8-7-9-14-21/h7-18H,4-6H2,1-3H3. The molecule has 7 nitrogen and oxygen atoms in total. The summed E-state index contributed by atoms with van der Waals surface area (Å²) in [5.41, 5.74) is 0.522. The molecule has 4 rings (SSSR count). The van der Waals surface area contributed by atoms with Crippen molar-refractivity contribution >= 4 is 56.5 Å². The molecule has 0 spiro atoms. The minimum atomic E-state index is -4.33. The van der Waals surface area contributed by atoms with Crippen molar-refractivity contribution in [1.29, 1.82) is 0 Å². The van der Waals surface area contributed by atoms with Gasteiger partial charge in [0.2, 0.25) is 0 Å². The van der Waals surface area contributed by atoms with Gasteiger partial charge in [0.05, 0.1) is 28.9 Å². The largest absolute Gasteiger partial charge is 0.461 e. The first kappa shape index (κ1) is 27.1. The SMILES string of the molecule is CCOC(=O)c1c(P(=O)(OCC)c2ccccc2CC)c2cc(Cl)ccc2n1S(=O)(=O)c1ccccc1. The maximum absolute atomic E-state index is 15.0. The van der Waals surface area contributed by atoms with Crippen molar-refractivity contribution in [2.24, 2.45) is 0 Å². The number of esters is 1. The predicted octanol–water partition coefficient (Wildman–Crippen LogP) is 5.54. The van der Waals surface area contributed by atoms with Crippen LogP contribution in [0, 0.1) is 0 Å². The highest BCUT2D eigenvalue weighted by Crippen LogP contribution is 2.50. The summed E-state index contributed by atoms with van der Waals surface area (Å²) in [5.74, 6) is -0.932. The normalized spacial score (nSPS) is 13.4. The third kappa shape index (κ3) is 4.75. The summed E-state index contributed by atoms with van der Waals surface area (Å²) in [5, 5.41) is 0.856. The molecule has 0 aliphatic rings. The van der Waals surface area contributed by atoms with E-state index >= 15 is 4.57 Å². The number of halogens is 1. The molecule has 0 saturated carbocycles. The third-order valence-corrected chi connectivity index (χ3v) is 10.6. The number of aromatic nitrogens is 1. The Hall–Kier alpha value is -2.90. The van der Waals surface area contributed by atoms with Crippen LogP contribution in [-0.2, 0) is 30.3 Å². The molecule has 37 heavy (non-hydrogen) atoms. The van der Waals surface area contributed by atoms with Gasteiger partial charge in [0.1, 0.15) is 0 Å². The number of nitrogens with zero attached hydrogens (tertiary/aromatic N) is 1. The monoisotopic (exact) mass is 559 g/mol. The van der Waals surface area contributed by atoms with Gasteiger partial charge in [-0.1, -0.05) is 54.9 Å². The van der Waals surface area contributed by atoms with Crippen LogP contribution in [-0.4, -0.2) is 31.6 Å². The molecule has 0 fully saturated rings. The average molecular weight is 560 g/mol. The maximum Gasteiger partial charge on any atom is 0.356 e. The van der Waals surface area contributed by atoms with E-state index in [0.29, 0.717) is 11.7 Å². The Balaban J connectivity index is 2.24. The first-order valence-electron chi connectivity index (χ1n) is 11.9. The Labute approximate surface area is 221 Å². The van der Waals surface area contributed by atoms with E-state index < -0.39 is 23.4 Å². The van der Waals surface area contributed by atoms with Gasteiger partial charge in [0.25, 0.3) is 17.4 Å². The number of carbonyl (C=O) groups excluding carboxylic acids is 1. The zero-order chi connectivity index (χ0) is 26.8. The summed E-state index contributed by atoms with van der Waals surface area (Å²) in [6.45, 7) is 5.26. The molecule has 3 aromatic carbocycles. The number of ether oxygens (including phenoxy) is 1. The molecule has 0 aliphatic heterocycles. The fourth-order valence-corrected chi connectivity index (χ4v) is 8.89. The molecule has 1 atom stereocenters. The van der Waals surface area contributed by atoms with E-state index in [1.54, 1.807) is 44.2 Å². The van der Waals surface area contributed by atoms with Crippen LogP contribution in [0.25, 0.3) is 10.9 Å². The second-order valence-electron chi connectivity index (χ2n) is 8.11. The highest BCUT2D eigenvalue weighted by atomic mass is 35.5. The molecular formula is C27H27ClNO6PS. The highest BCUT2D eigenvalue weighted by Gasteiger charge is 2.42. The van der Waals surface area contributed by atoms with Gasteiger partial charge < -0.3 is 9.26 Å². The Morgan fingerprint density at radius 3 is 2.27 bits per heavy atom. The van der Waals surface area contributed by atoms with Crippen molar-refractivity contribution in [3.63, 3.8) is 0 Å². The molecule has 0 aliphatic carbocycles. The number of fused-ring (bicyclic) bond motifs is 1. The van der Waals surface area contributed by atoms with Gasteiger partial charge >= 0.3 is 5.97 Å². The van der Waals surface area contributed by atoms with Gasteiger partial charge in [0.15, 0.2) is 5.69 Å². The third-order valence-electron chi connectivity index (χ3n) is 5.91. The van der Waals surface area contributed by atoms with E-state index in [1.807, 2.05) is 19.1 Å². The van der Waals surface area contributed by atoms with Crippen LogP contribution >= 0.6 is 19.0 Å². The Kier molecular flexibility index (Phi) is 7.95. The predicted molar refractivity (Wildman–Crippen MR) is 146 cm³/mol. The second-order valence-corrected chi connectivity index (χ2v) is 12.6. The average Bonchev–Trinajstić information content (AvgIpc) is 3.25. The van der Waals surface area contributed by atoms with E-state index in [9.17, 15) is 13.2 Å². The van der Waals surface area contributed by atoms with Crippen LogP contribution in [0.2, 0.25) is 5.02 Å². The van der Waals surface area contributed by atoms with E-state index in [1.165, 1.54) is 30.3 Å². The highest BCUT2D eigenvalue weighted by molar-refractivity contribution is 7.90. The summed E-state index contributed by atoms with van der Waals surface area (Å²) in [7, 11) is -8.37. The molecule has 0 saturated heterocycles. The summed E-state index contributed by atoms with van der Waals surface area (Å²) in [4.78, 5) is 13.5. The Bertz CT molecular complexity index is 1610. The first-order valence-corrected chi connectivity index (χ1v) is 15.3. The Morgan fingerprint density at radius 1 is 0.946 bits per heavy atom. The molecule has 0 N–H and O–H groups in total. The van der Waals surface area contributed by atoms with Crippen molar-refractivity contribution in [2.75, 3.05) is 13.2 Å². The minimum absolute atomic E-state index is 0.0174. The van der Waals surface area contributed by atoms with E-state index in [4.69, 9.17) is 20.9 Å². The number of aryl methyl sites for hydroxylation is 1. The summed E-state index contributed by atoms with van der Waals surface area (Å²) in [6, 6.07) is 19.3. The number of benzene rings is 3. The van der Waals surface area contributed by atoms with Crippen molar-refractivity contribution in [3.8, 4) is 0 Å². The second kappa shape index (κ2) is 10.8.